The number of carboxylic acids is 3. The number of nitrogens with two attached hydrogens (primary N) is 3. The topological polar surface area (TPSA) is 190 Å². The third-order valence-corrected chi connectivity index (χ3v) is 5.86. The molecule has 0 aliphatic carbocycles. The number of carboxylic acid groups (broad SMARTS) is 3. The van der Waals surface area contributed by atoms with Crippen molar-refractivity contribution in [1.82, 2.24) is 0 Å². The van der Waals surface area contributed by atoms with Gasteiger partial charge < -0.3 is 32.5 Å². The van der Waals surface area contributed by atoms with Gasteiger partial charge in [-0.3, -0.25) is 0 Å². The molecule has 0 aliphatic heterocycles. The Kier molecular flexibility index (Phi) is 6.06. The van der Waals surface area contributed by atoms with Crippen LogP contribution in [0.2, 0.25) is 0 Å². The second-order valence-corrected chi connectivity index (χ2v) is 8.05. The summed E-state index contributed by atoms with van der Waals surface area (Å²) in [5.41, 5.74) is 23.1. The van der Waals surface area contributed by atoms with Crippen molar-refractivity contribution in [3.63, 3.8) is 0 Å². The first-order chi connectivity index (χ1) is 17.1. The summed E-state index contributed by atoms with van der Waals surface area (Å²) < 4.78 is 0. The minimum absolute atomic E-state index is 0.0300. The van der Waals surface area contributed by atoms with Crippen LogP contribution in [-0.4, -0.2) is 33.2 Å². The van der Waals surface area contributed by atoms with Gasteiger partial charge in [-0.2, -0.15) is 0 Å². The normalized spacial score (nSPS) is 10.7. The second kappa shape index (κ2) is 9.15. The van der Waals surface area contributed by atoms with Crippen molar-refractivity contribution in [2.24, 2.45) is 0 Å². The quantitative estimate of drug-likeness (QED) is 0.214. The average Bonchev–Trinajstić information content (AvgIpc) is 2.84. The third-order valence-electron chi connectivity index (χ3n) is 5.86. The number of hydrogen-bond acceptors (Lipinski definition) is 6. The van der Waals surface area contributed by atoms with Crippen LogP contribution in [0.5, 0.6) is 0 Å². The van der Waals surface area contributed by atoms with E-state index in [9.17, 15) is 29.7 Å². The number of aromatic carboxylic acids is 3. The summed E-state index contributed by atoms with van der Waals surface area (Å²) in [6.45, 7) is 0. The van der Waals surface area contributed by atoms with Gasteiger partial charge in [0.25, 0.3) is 0 Å². The number of rotatable bonds is 6. The number of nitrogen functional groups attached to an aromatic ring is 3. The van der Waals surface area contributed by atoms with Crippen LogP contribution in [0, 0.1) is 0 Å². The summed E-state index contributed by atoms with van der Waals surface area (Å²) in [5, 5.41) is 27.8. The van der Waals surface area contributed by atoms with E-state index in [1.807, 2.05) is 0 Å². The van der Waals surface area contributed by atoms with E-state index in [1.54, 1.807) is 36.4 Å². The maximum absolute atomic E-state index is 11.4. The Balaban J connectivity index is 1.99. The zero-order valence-electron chi connectivity index (χ0n) is 18.7. The molecule has 0 heterocycles. The number of hydrogen-bond donors (Lipinski definition) is 6. The maximum Gasteiger partial charge on any atom is 0.337 e. The van der Waals surface area contributed by atoms with Gasteiger partial charge in [0.05, 0.1) is 16.7 Å². The molecule has 9 N–H and O–H groups in total. The molecule has 0 saturated carbocycles. The molecule has 0 atom stereocenters. The molecule has 0 aliphatic rings. The predicted octanol–water partition coefficient (Wildman–Crippen LogP) is 4.53. The summed E-state index contributed by atoms with van der Waals surface area (Å²) in [6.07, 6.45) is 0. The fourth-order valence-electron chi connectivity index (χ4n) is 4.00. The first-order valence-corrected chi connectivity index (χ1v) is 10.6. The molecule has 4 rings (SSSR count). The van der Waals surface area contributed by atoms with Crippen molar-refractivity contribution in [3.05, 3.63) is 89.5 Å². The highest BCUT2D eigenvalue weighted by Gasteiger charge is 2.20. The molecule has 180 valence electrons. The lowest BCUT2D eigenvalue weighted by molar-refractivity contribution is 0.0686. The molecule has 0 bridgehead atoms. The van der Waals surface area contributed by atoms with Gasteiger partial charge in [-0.1, -0.05) is 30.3 Å². The van der Waals surface area contributed by atoms with Gasteiger partial charge in [-0.05, 0) is 59.2 Å². The first kappa shape index (κ1) is 23.8. The number of carbonyl (C=O) groups is 3. The third kappa shape index (κ3) is 4.28. The van der Waals surface area contributed by atoms with Crippen molar-refractivity contribution in [2.75, 3.05) is 17.2 Å². The minimum atomic E-state index is -1.17. The maximum atomic E-state index is 11.4. The van der Waals surface area contributed by atoms with E-state index in [4.69, 9.17) is 17.2 Å². The summed E-state index contributed by atoms with van der Waals surface area (Å²) in [7, 11) is 0. The van der Waals surface area contributed by atoms with Crippen molar-refractivity contribution in [3.8, 4) is 33.4 Å². The van der Waals surface area contributed by atoms with Gasteiger partial charge in [0.15, 0.2) is 0 Å². The number of anilines is 3. The van der Waals surface area contributed by atoms with Crippen LogP contribution in [-0.2, 0) is 0 Å². The van der Waals surface area contributed by atoms with E-state index in [1.165, 1.54) is 36.4 Å². The molecule has 0 saturated heterocycles. The van der Waals surface area contributed by atoms with Crippen molar-refractivity contribution < 1.29 is 29.7 Å². The lowest BCUT2D eigenvalue weighted by atomic mass is 9.88. The van der Waals surface area contributed by atoms with E-state index >= 15 is 0 Å². The predicted molar refractivity (Wildman–Crippen MR) is 137 cm³/mol. The van der Waals surface area contributed by atoms with Crippen LogP contribution in [0.4, 0.5) is 17.1 Å². The van der Waals surface area contributed by atoms with Crippen LogP contribution in [0.15, 0.2) is 72.8 Å². The highest BCUT2D eigenvalue weighted by molar-refractivity contribution is 6.04. The monoisotopic (exact) mass is 483 g/mol. The lowest BCUT2D eigenvalue weighted by Gasteiger charge is -2.19. The fraction of sp³-hybridized carbons (Fsp3) is 0. The molecule has 9 heteroatoms. The molecule has 0 fully saturated rings. The Bertz CT molecular complexity index is 1450. The first-order valence-electron chi connectivity index (χ1n) is 10.6. The smallest absolute Gasteiger partial charge is 0.337 e. The molecule has 4 aromatic rings. The fourth-order valence-corrected chi connectivity index (χ4v) is 4.00. The van der Waals surface area contributed by atoms with Crippen molar-refractivity contribution in [2.45, 2.75) is 0 Å². The Hall–Kier alpha value is -5.31. The summed E-state index contributed by atoms with van der Waals surface area (Å²) in [6, 6.07) is 18.4. The zero-order valence-corrected chi connectivity index (χ0v) is 18.7. The summed E-state index contributed by atoms with van der Waals surface area (Å²) in [5.74, 6) is -3.31. The molecule has 9 nitrogen and oxygen atoms in total. The summed E-state index contributed by atoms with van der Waals surface area (Å²) in [4.78, 5) is 34.0. The molecule has 4 aromatic carbocycles. The van der Waals surface area contributed by atoms with Gasteiger partial charge in [0.1, 0.15) is 0 Å². The Morgan fingerprint density at radius 3 is 1.31 bits per heavy atom. The second-order valence-electron chi connectivity index (χ2n) is 8.05. The van der Waals surface area contributed by atoms with E-state index < -0.39 is 17.9 Å². The molecule has 0 aromatic heterocycles. The standard InChI is InChI=1S/C27H21N3O6/c28-21-11-17(9-10-18(21)27(35)36)22-23(29)19(13-1-5-15(6-2-13)25(31)32)12-20(24(22)30)14-3-7-16(8-4-14)26(33)34/h1-12H,28-30H2,(H,31,32)(H,33,34)(H,35,36). The Morgan fingerprint density at radius 2 is 0.944 bits per heavy atom. The molecule has 0 radical (unpaired) electrons. The van der Waals surface area contributed by atoms with Crippen molar-refractivity contribution >= 4 is 35.0 Å². The number of benzene rings is 4. The van der Waals surface area contributed by atoms with Crippen LogP contribution in [0.25, 0.3) is 33.4 Å². The van der Waals surface area contributed by atoms with E-state index in [-0.39, 0.29) is 33.8 Å². The minimum Gasteiger partial charge on any atom is -0.478 e. The zero-order chi connectivity index (χ0) is 26.1. The van der Waals surface area contributed by atoms with Gasteiger partial charge in [0.2, 0.25) is 0 Å². The largest absolute Gasteiger partial charge is 0.478 e. The Morgan fingerprint density at radius 1 is 0.528 bits per heavy atom. The molecule has 0 spiro atoms. The highest BCUT2D eigenvalue weighted by Crippen LogP contribution is 2.45. The van der Waals surface area contributed by atoms with Crippen LogP contribution >= 0.6 is 0 Å². The highest BCUT2D eigenvalue weighted by atomic mass is 16.4. The molecular weight excluding hydrogens is 462 g/mol. The molecule has 36 heavy (non-hydrogen) atoms. The van der Waals surface area contributed by atoms with Crippen LogP contribution in [0.1, 0.15) is 31.1 Å². The van der Waals surface area contributed by atoms with Gasteiger partial charge >= 0.3 is 17.9 Å². The van der Waals surface area contributed by atoms with Gasteiger partial charge in [-0.15, -0.1) is 0 Å². The molecule has 0 amide bonds. The SMILES string of the molecule is Nc1cc(-c2c(N)c(-c3ccc(C(=O)O)cc3)cc(-c3ccc(C(=O)O)cc3)c2N)ccc1C(=O)O. The van der Waals surface area contributed by atoms with Gasteiger partial charge in [0, 0.05) is 33.8 Å². The molecular formula is C27H21N3O6. The average molecular weight is 483 g/mol. The van der Waals surface area contributed by atoms with Crippen LogP contribution in [0.3, 0.4) is 0 Å². The van der Waals surface area contributed by atoms with E-state index in [0.717, 1.165) is 0 Å². The van der Waals surface area contributed by atoms with Crippen molar-refractivity contribution in [1.29, 1.82) is 0 Å². The lowest BCUT2D eigenvalue weighted by Crippen LogP contribution is -2.05. The summed E-state index contributed by atoms with van der Waals surface area (Å²) >= 11 is 0. The van der Waals surface area contributed by atoms with E-state index in [2.05, 4.69) is 0 Å². The molecule has 0 unspecified atom stereocenters. The Labute approximate surface area is 205 Å². The van der Waals surface area contributed by atoms with E-state index in [0.29, 0.717) is 33.4 Å². The van der Waals surface area contributed by atoms with Crippen LogP contribution < -0.4 is 17.2 Å². The van der Waals surface area contributed by atoms with Gasteiger partial charge in [-0.25, -0.2) is 14.4 Å².